The summed E-state index contributed by atoms with van der Waals surface area (Å²) in [5.41, 5.74) is 0.0401. The summed E-state index contributed by atoms with van der Waals surface area (Å²) in [5, 5.41) is 19.8. The normalized spacial score (nSPS) is 18.6. The molecule has 0 unspecified atom stereocenters. The zero-order chi connectivity index (χ0) is 13.8. The van der Waals surface area contributed by atoms with Gasteiger partial charge in [0, 0.05) is 30.1 Å². The average Bonchev–Trinajstić information content (AvgIpc) is 2.83. The minimum absolute atomic E-state index is 0.0140. The number of likely N-dealkylation sites (tertiary alicyclic amines) is 1. The van der Waals surface area contributed by atoms with E-state index >= 15 is 0 Å². The van der Waals surface area contributed by atoms with E-state index in [1.54, 1.807) is 17.0 Å². The molecule has 2 rings (SSSR count). The smallest absolute Gasteiger partial charge is 0.269 e. The number of carbonyl (C=O) groups excluding carboxylic acids is 1. The highest BCUT2D eigenvalue weighted by molar-refractivity contribution is 8.00. The lowest BCUT2D eigenvalue weighted by Crippen LogP contribution is -2.30. The highest BCUT2D eigenvalue weighted by Crippen LogP contribution is 2.22. The third kappa shape index (κ3) is 3.68. The van der Waals surface area contributed by atoms with Gasteiger partial charge in [0.2, 0.25) is 5.91 Å². The Hall–Kier alpha value is -1.60. The van der Waals surface area contributed by atoms with Crippen molar-refractivity contribution in [2.24, 2.45) is 0 Å². The molecule has 1 N–H and O–H groups in total. The topological polar surface area (TPSA) is 83.7 Å². The van der Waals surface area contributed by atoms with Crippen LogP contribution in [0.1, 0.15) is 6.42 Å². The van der Waals surface area contributed by atoms with Gasteiger partial charge in [-0.3, -0.25) is 14.9 Å². The monoisotopic (exact) mass is 282 g/mol. The number of benzene rings is 1. The van der Waals surface area contributed by atoms with Gasteiger partial charge in [0.05, 0.1) is 16.8 Å². The van der Waals surface area contributed by atoms with Gasteiger partial charge < -0.3 is 10.0 Å². The number of aliphatic hydroxyl groups excluding tert-OH is 1. The van der Waals surface area contributed by atoms with Gasteiger partial charge in [-0.25, -0.2) is 0 Å². The van der Waals surface area contributed by atoms with Gasteiger partial charge in [0.25, 0.3) is 5.69 Å². The first-order chi connectivity index (χ1) is 9.06. The maximum absolute atomic E-state index is 11.8. The molecule has 1 aliphatic heterocycles. The average molecular weight is 282 g/mol. The number of amides is 1. The molecular weight excluding hydrogens is 268 g/mol. The second kappa shape index (κ2) is 6.03. The highest BCUT2D eigenvalue weighted by atomic mass is 32.2. The quantitative estimate of drug-likeness (QED) is 0.511. The van der Waals surface area contributed by atoms with Crippen molar-refractivity contribution in [3.63, 3.8) is 0 Å². The summed E-state index contributed by atoms with van der Waals surface area (Å²) in [6, 6.07) is 6.11. The van der Waals surface area contributed by atoms with E-state index in [1.165, 1.54) is 23.9 Å². The summed E-state index contributed by atoms with van der Waals surface area (Å²) in [4.78, 5) is 24.3. The molecule has 0 radical (unpaired) electrons. The van der Waals surface area contributed by atoms with Gasteiger partial charge in [-0.1, -0.05) is 0 Å². The lowest BCUT2D eigenvalue weighted by Gasteiger charge is -2.14. The van der Waals surface area contributed by atoms with Crippen molar-refractivity contribution in [2.75, 3.05) is 18.8 Å². The molecule has 1 aliphatic rings. The molecule has 1 fully saturated rings. The summed E-state index contributed by atoms with van der Waals surface area (Å²) in [6.45, 7) is 1.00. The summed E-state index contributed by atoms with van der Waals surface area (Å²) in [5.74, 6) is 0.268. The van der Waals surface area contributed by atoms with Crippen molar-refractivity contribution in [3.05, 3.63) is 34.4 Å². The van der Waals surface area contributed by atoms with E-state index in [0.29, 0.717) is 19.5 Å². The van der Waals surface area contributed by atoms with Crippen LogP contribution in [0.25, 0.3) is 0 Å². The maximum atomic E-state index is 11.8. The number of nitro benzene ring substituents is 1. The van der Waals surface area contributed by atoms with Gasteiger partial charge in [0.15, 0.2) is 0 Å². The highest BCUT2D eigenvalue weighted by Gasteiger charge is 2.24. The SMILES string of the molecule is O=C(CSc1ccc([N+](=O)[O-])cc1)N1CC[C@@H](O)C1. The Bertz CT molecular complexity index is 477. The van der Waals surface area contributed by atoms with E-state index < -0.39 is 11.0 Å². The number of nitrogens with zero attached hydrogens (tertiary/aromatic N) is 2. The Balaban J connectivity index is 1.85. The fraction of sp³-hybridized carbons (Fsp3) is 0.417. The molecule has 1 heterocycles. The zero-order valence-corrected chi connectivity index (χ0v) is 11.0. The van der Waals surface area contributed by atoms with Crippen LogP contribution in [0.5, 0.6) is 0 Å². The van der Waals surface area contributed by atoms with Crippen LogP contribution in [0.3, 0.4) is 0 Å². The van der Waals surface area contributed by atoms with Crippen molar-refractivity contribution < 1.29 is 14.8 Å². The van der Waals surface area contributed by atoms with Crippen LogP contribution in [-0.4, -0.2) is 45.8 Å². The third-order valence-corrected chi connectivity index (χ3v) is 3.92. The Labute approximate surface area is 114 Å². The van der Waals surface area contributed by atoms with Crippen molar-refractivity contribution in [1.29, 1.82) is 0 Å². The maximum Gasteiger partial charge on any atom is 0.269 e. The number of β-amino-alcohol motifs (C(OH)–C–C–N with tert-alkyl or cyclic N) is 1. The molecule has 6 nitrogen and oxygen atoms in total. The van der Waals surface area contributed by atoms with Crippen LogP contribution < -0.4 is 0 Å². The standard InChI is InChI=1S/C12H14N2O4S/c15-10-5-6-13(7-10)12(16)8-19-11-3-1-9(2-4-11)14(17)18/h1-4,10,15H,5-8H2/t10-/m1/s1. The van der Waals surface area contributed by atoms with Gasteiger partial charge in [0.1, 0.15) is 0 Å². The minimum atomic E-state index is -0.453. The molecule has 1 atom stereocenters. The largest absolute Gasteiger partial charge is 0.391 e. The molecule has 0 spiro atoms. The second-order valence-corrected chi connectivity index (χ2v) is 5.37. The number of aliphatic hydroxyl groups is 1. The Morgan fingerprint density at radius 1 is 1.47 bits per heavy atom. The van der Waals surface area contributed by atoms with E-state index in [-0.39, 0.29) is 17.3 Å². The first-order valence-corrected chi connectivity index (χ1v) is 6.88. The van der Waals surface area contributed by atoms with Crippen LogP contribution in [-0.2, 0) is 4.79 Å². The molecule has 0 saturated carbocycles. The Morgan fingerprint density at radius 2 is 2.16 bits per heavy atom. The lowest BCUT2D eigenvalue weighted by molar-refractivity contribution is -0.384. The fourth-order valence-electron chi connectivity index (χ4n) is 1.87. The van der Waals surface area contributed by atoms with Gasteiger partial charge >= 0.3 is 0 Å². The second-order valence-electron chi connectivity index (χ2n) is 4.32. The van der Waals surface area contributed by atoms with Crippen LogP contribution in [0, 0.1) is 10.1 Å². The summed E-state index contributed by atoms with van der Waals surface area (Å²) < 4.78 is 0. The molecule has 7 heteroatoms. The molecule has 19 heavy (non-hydrogen) atoms. The molecule has 0 aliphatic carbocycles. The molecular formula is C12H14N2O4S. The predicted molar refractivity (Wildman–Crippen MR) is 71.0 cm³/mol. The lowest BCUT2D eigenvalue weighted by atomic mass is 10.3. The zero-order valence-electron chi connectivity index (χ0n) is 10.2. The first kappa shape index (κ1) is 13.8. The van der Waals surface area contributed by atoms with E-state index in [4.69, 9.17) is 0 Å². The first-order valence-electron chi connectivity index (χ1n) is 5.89. The van der Waals surface area contributed by atoms with Crippen LogP contribution in [0.4, 0.5) is 5.69 Å². The molecule has 0 aromatic heterocycles. The van der Waals surface area contributed by atoms with Crippen LogP contribution >= 0.6 is 11.8 Å². The van der Waals surface area contributed by atoms with Crippen molar-refractivity contribution in [2.45, 2.75) is 17.4 Å². The summed E-state index contributed by atoms with van der Waals surface area (Å²) in [6.07, 6.45) is 0.224. The fourth-order valence-corrected chi connectivity index (χ4v) is 2.67. The molecule has 1 aromatic rings. The van der Waals surface area contributed by atoms with Crippen LogP contribution in [0.15, 0.2) is 29.2 Å². The number of non-ortho nitro benzene ring substituents is 1. The number of rotatable bonds is 4. The van der Waals surface area contributed by atoms with E-state index in [1.807, 2.05) is 0 Å². The number of hydrogen-bond acceptors (Lipinski definition) is 5. The van der Waals surface area contributed by atoms with Crippen molar-refractivity contribution >= 4 is 23.4 Å². The summed E-state index contributed by atoms with van der Waals surface area (Å²) in [7, 11) is 0. The number of nitro groups is 1. The number of carbonyl (C=O) groups is 1. The van der Waals surface area contributed by atoms with Crippen molar-refractivity contribution in [1.82, 2.24) is 4.90 Å². The minimum Gasteiger partial charge on any atom is -0.391 e. The molecule has 1 aromatic carbocycles. The van der Waals surface area contributed by atoms with Crippen molar-refractivity contribution in [3.8, 4) is 0 Å². The molecule has 1 saturated heterocycles. The van der Waals surface area contributed by atoms with Gasteiger partial charge in [-0.2, -0.15) is 0 Å². The molecule has 1 amide bonds. The molecule has 102 valence electrons. The predicted octanol–water partition coefficient (Wildman–Crippen LogP) is 1.28. The number of thioether (sulfide) groups is 1. The van der Waals surface area contributed by atoms with Gasteiger partial charge in [-0.15, -0.1) is 11.8 Å². The molecule has 0 bridgehead atoms. The van der Waals surface area contributed by atoms with Crippen LogP contribution in [0.2, 0.25) is 0 Å². The van der Waals surface area contributed by atoms with Gasteiger partial charge in [-0.05, 0) is 18.6 Å². The Morgan fingerprint density at radius 3 is 2.68 bits per heavy atom. The Kier molecular flexibility index (Phi) is 4.39. The third-order valence-electron chi connectivity index (χ3n) is 2.93. The van der Waals surface area contributed by atoms with E-state index in [2.05, 4.69) is 0 Å². The summed E-state index contributed by atoms with van der Waals surface area (Å²) >= 11 is 1.34. The number of hydrogen-bond donors (Lipinski definition) is 1. The van der Waals surface area contributed by atoms with E-state index in [9.17, 15) is 20.0 Å². The van der Waals surface area contributed by atoms with E-state index in [0.717, 1.165) is 4.90 Å².